The molecule has 1 saturated heterocycles. The molecule has 0 spiro atoms. The molecule has 0 aliphatic carbocycles. The summed E-state index contributed by atoms with van der Waals surface area (Å²) in [4.78, 5) is 14.4. The fraction of sp³-hybridized carbons (Fsp3) is 0.500. The van der Waals surface area contributed by atoms with Crippen LogP contribution in [0.4, 0.5) is 0 Å². The van der Waals surface area contributed by atoms with Crippen LogP contribution in [-0.4, -0.2) is 44.4 Å². The van der Waals surface area contributed by atoms with Crippen molar-refractivity contribution in [3.63, 3.8) is 0 Å². The summed E-state index contributed by atoms with van der Waals surface area (Å²) < 4.78 is 22.3. The van der Waals surface area contributed by atoms with Crippen molar-refractivity contribution in [1.29, 1.82) is 0 Å². The predicted octanol–water partition coefficient (Wildman–Crippen LogP) is 0.298. The van der Waals surface area contributed by atoms with Crippen molar-refractivity contribution in [3.8, 4) is 0 Å². The van der Waals surface area contributed by atoms with Gasteiger partial charge >= 0.3 is 0 Å². The topological polar surface area (TPSA) is 92.5 Å². The Morgan fingerprint density at radius 1 is 1.43 bits per heavy atom. The van der Waals surface area contributed by atoms with E-state index in [4.69, 9.17) is 5.14 Å². The lowest BCUT2D eigenvalue weighted by Crippen LogP contribution is -2.57. The fourth-order valence-electron chi connectivity index (χ4n) is 2.54. The van der Waals surface area contributed by atoms with E-state index >= 15 is 0 Å². The highest BCUT2D eigenvalue weighted by Gasteiger charge is 2.28. The Hall–Kier alpha value is -1.44. The van der Waals surface area contributed by atoms with Crippen LogP contribution >= 0.6 is 0 Å². The molecular formula is C14H21N3O3S. The van der Waals surface area contributed by atoms with E-state index in [2.05, 4.69) is 5.32 Å². The van der Waals surface area contributed by atoms with Gasteiger partial charge in [-0.25, -0.2) is 13.6 Å². The van der Waals surface area contributed by atoms with Gasteiger partial charge in [-0.1, -0.05) is 12.1 Å². The molecule has 116 valence electrons. The first-order valence-corrected chi connectivity index (χ1v) is 8.63. The van der Waals surface area contributed by atoms with Crippen LogP contribution < -0.4 is 10.5 Å². The zero-order valence-electron chi connectivity index (χ0n) is 12.2. The first-order chi connectivity index (χ1) is 9.78. The molecular weight excluding hydrogens is 290 g/mol. The fourth-order valence-corrected chi connectivity index (χ4v) is 3.18. The number of carbonyl (C=O) groups excluding carboxylic acids is 1. The van der Waals surface area contributed by atoms with E-state index in [1.807, 2.05) is 18.7 Å². The summed E-state index contributed by atoms with van der Waals surface area (Å²) in [6.07, 6.45) is 0. The van der Waals surface area contributed by atoms with Crippen LogP contribution in [0.1, 0.15) is 29.8 Å². The van der Waals surface area contributed by atoms with Crippen LogP contribution in [0.15, 0.2) is 24.3 Å². The Labute approximate surface area is 125 Å². The second-order valence-corrected chi connectivity index (χ2v) is 7.10. The van der Waals surface area contributed by atoms with Gasteiger partial charge in [-0.05, 0) is 31.5 Å². The van der Waals surface area contributed by atoms with Crippen LogP contribution in [0.25, 0.3) is 0 Å². The monoisotopic (exact) mass is 311 g/mol. The third-order valence-electron chi connectivity index (χ3n) is 3.84. The van der Waals surface area contributed by atoms with Crippen LogP contribution in [0.3, 0.4) is 0 Å². The Kier molecular flexibility index (Phi) is 4.65. The number of nitrogens with one attached hydrogen (secondary N) is 1. The molecule has 21 heavy (non-hydrogen) atoms. The maximum Gasteiger partial charge on any atom is 0.254 e. The van der Waals surface area contributed by atoms with Crippen molar-refractivity contribution in [2.24, 2.45) is 5.14 Å². The summed E-state index contributed by atoms with van der Waals surface area (Å²) in [5.41, 5.74) is 1.02. The number of sulfonamides is 1. The molecule has 3 N–H and O–H groups in total. The molecule has 1 aliphatic heterocycles. The maximum atomic E-state index is 12.6. The average molecular weight is 311 g/mol. The zero-order valence-corrected chi connectivity index (χ0v) is 13.1. The third kappa shape index (κ3) is 4.03. The number of hydrogen-bond donors (Lipinski definition) is 2. The summed E-state index contributed by atoms with van der Waals surface area (Å²) in [5.74, 6) is -0.339. The van der Waals surface area contributed by atoms with Crippen LogP contribution in [0.2, 0.25) is 0 Å². The van der Waals surface area contributed by atoms with Crippen molar-refractivity contribution < 1.29 is 13.2 Å². The van der Waals surface area contributed by atoms with Gasteiger partial charge in [-0.15, -0.1) is 0 Å². The van der Waals surface area contributed by atoms with Gasteiger partial charge in [-0.3, -0.25) is 4.79 Å². The highest BCUT2D eigenvalue weighted by atomic mass is 32.2. The molecule has 2 rings (SSSR count). The molecule has 7 heteroatoms. The SMILES string of the molecule is CC1NCCN(C(=O)c2cccc(CS(N)(=O)=O)c2)C1C. The standard InChI is InChI=1S/C14H21N3O3S/c1-10-11(2)17(7-6-16-10)14(18)13-5-3-4-12(8-13)9-21(15,19)20/h3-5,8,10-11,16H,6-7,9H2,1-2H3,(H2,15,19,20). The van der Waals surface area contributed by atoms with Crippen molar-refractivity contribution in [2.45, 2.75) is 31.7 Å². The Balaban J connectivity index is 2.21. The van der Waals surface area contributed by atoms with E-state index < -0.39 is 10.0 Å². The minimum absolute atomic E-state index is 0.0767. The number of amides is 1. The Morgan fingerprint density at radius 2 is 2.14 bits per heavy atom. The first kappa shape index (κ1) is 15.9. The number of primary sulfonamides is 1. The number of carbonyl (C=O) groups is 1. The van der Waals surface area contributed by atoms with Crippen molar-refractivity contribution >= 4 is 15.9 Å². The lowest BCUT2D eigenvalue weighted by atomic mass is 10.0. The van der Waals surface area contributed by atoms with Gasteiger partial charge < -0.3 is 10.2 Å². The molecule has 1 amide bonds. The molecule has 0 bridgehead atoms. The van der Waals surface area contributed by atoms with Gasteiger partial charge in [0.15, 0.2) is 0 Å². The zero-order chi connectivity index (χ0) is 15.6. The molecule has 6 nitrogen and oxygen atoms in total. The second-order valence-electron chi connectivity index (χ2n) is 5.49. The Bertz CT molecular complexity index is 630. The molecule has 2 atom stereocenters. The molecule has 1 aromatic carbocycles. The van der Waals surface area contributed by atoms with Gasteiger partial charge in [0, 0.05) is 30.7 Å². The van der Waals surface area contributed by atoms with E-state index in [0.29, 0.717) is 17.7 Å². The molecule has 0 saturated carbocycles. The van der Waals surface area contributed by atoms with E-state index in [-0.39, 0.29) is 23.7 Å². The molecule has 1 fully saturated rings. The predicted molar refractivity (Wildman–Crippen MR) is 81.2 cm³/mol. The summed E-state index contributed by atoms with van der Waals surface area (Å²) >= 11 is 0. The highest BCUT2D eigenvalue weighted by molar-refractivity contribution is 7.88. The molecule has 2 unspecified atom stereocenters. The number of nitrogens with two attached hydrogens (primary N) is 1. The molecule has 0 aromatic heterocycles. The minimum atomic E-state index is -3.60. The van der Waals surface area contributed by atoms with Gasteiger partial charge in [0.05, 0.1) is 5.75 Å². The van der Waals surface area contributed by atoms with Gasteiger partial charge in [0.2, 0.25) is 10.0 Å². The number of hydrogen-bond acceptors (Lipinski definition) is 4. The number of benzene rings is 1. The van der Waals surface area contributed by atoms with Crippen LogP contribution in [0, 0.1) is 0 Å². The quantitative estimate of drug-likeness (QED) is 0.839. The van der Waals surface area contributed by atoms with Gasteiger partial charge in [0.25, 0.3) is 5.91 Å². The highest BCUT2D eigenvalue weighted by Crippen LogP contribution is 2.15. The summed E-state index contributed by atoms with van der Waals surface area (Å²) in [6.45, 7) is 5.45. The largest absolute Gasteiger partial charge is 0.333 e. The molecule has 1 heterocycles. The lowest BCUT2D eigenvalue weighted by molar-refractivity contribution is 0.0603. The summed E-state index contributed by atoms with van der Waals surface area (Å²) in [6, 6.07) is 6.97. The van der Waals surface area contributed by atoms with Crippen molar-refractivity contribution in [2.75, 3.05) is 13.1 Å². The molecule has 0 radical (unpaired) electrons. The molecule has 1 aliphatic rings. The average Bonchev–Trinajstić information content (AvgIpc) is 2.39. The van der Waals surface area contributed by atoms with E-state index in [9.17, 15) is 13.2 Å². The Morgan fingerprint density at radius 3 is 2.81 bits per heavy atom. The number of rotatable bonds is 3. The lowest BCUT2D eigenvalue weighted by Gasteiger charge is -2.38. The van der Waals surface area contributed by atoms with E-state index in [1.165, 1.54) is 0 Å². The van der Waals surface area contributed by atoms with Gasteiger partial charge in [-0.2, -0.15) is 0 Å². The minimum Gasteiger partial charge on any atom is -0.333 e. The third-order valence-corrected chi connectivity index (χ3v) is 4.57. The van der Waals surface area contributed by atoms with Crippen molar-refractivity contribution in [1.82, 2.24) is 10.2 Å². The summed E-state index contributed by atoms with van der Waals surface area (Å²) in [5, 5.41) is 8.37. The second kappa shape index (κ2) is 6.13. The van der Waals surface area contributed by atoms with E-state index in [1.54, 1.807) is 24.3 Å². The first-order valence-electron chi connectivity index (χ1n) is 6.92. The maximum absolute atomic E-state index is 12.6. The van der Waals surface area contributed by atoms with Crippen LogP contribution in [-0.2, 0) is 15.8 Å². The summed E-state index contributed by atoms with van der Waals surface area (Å²) in [7, 11) is -3.60. The van der Waals surface area contributed by atoms with E-state index in [0.717, 1.165) is 6.54 Å². The normalized spacial score (nSPS) is 23.1. The van der Waals surface area contributed by atoms with Crippen molar-refractivity contribution in [3.05, 3.63) is 35.4 Å². The smallest absolute Gasteiger partial charge is 0.254 e. The number of nitrogens with zero attached hydrogens (tertiary/aromatic N) is 1. The van der Waals surface area contributed by atoms with Crippen LogP contribution in [0.5, 0.6) is 0 Å². The number of piperazine rings is 1. The molecule has 1 aromatic rings. The van der Waals surface area contributed by atoms with Gasteiger partial charge in [0.1, 0.15) is 0 Å².